The average molecular weight is 407 g/mol. The van der Waals surface area contributed by atoms with Crippen molar-refractivity contribution in [1.82, 2.24) is 0 Å². The van der Waals surface area contributed by atoms with Gasteiger partial charge in [-0.15, -0.1) is 0 Å². The highest BCUT2D eigenvalue weighted by atomic mass is 16.5. The zero-order valence-corrected chi connectivity index (χ0v) is 18.9. The lowest BCUT2D eigenvalue weighted by atomic mass is 9.62. The minimum Gasteiger partial charge on any atom is -0.393 e. The van der Waals surface area contributed by atoms with E-state index >= 15 is 0 Å². The maximum atomic E-state index is 9.99. The van der Waals surface area contributed by atoms with Gasteiger partial charge in [-0.05, 0) is 71.1 Å². The quantitative estimate of drug-likeness (QED) is 0.606. The molecule has 0 spiro atoms. The predicted octanol–water partition coefficient (Wildman–Crippen LogP) is 4.53. The van der Waals surface area contributed by atoms with Crippen LogP contribution in [-0.4, -0.2) is 45.8 Å². The first-order chi connectivity index (χ1) is 13.6. The van der Waals surface area contributed by atoms with Crippen LogP contribution in [0.15, 0.2) is 23.3 Å². The van der Waals surface area contributed by atoms with Crippen LogP contribution in [0, 0.1) is 17.3 Å². The molecular weight excluding hydrogens is 364 g/mol. The molecule has 0 aromatic rings. The van der Waals surface area contributed by atoms with Crippen molar-refractivity contribution in [3.8, 4) is 0 Å². The van der Waals surface area contributed by atoms with Crippen molar-refractivity contribution >= 4 is 0 Å². The SMILES string of the molecule is C[C@H](CCCC(C)(C)O)[C@H]1OC[C@H]2/C(=C/C=C3C[C@@H](O)C[C@H](O)C3)CCC[C@]12C. The summed E-state index contributed by atoms with van der Waals surface area (Å²) in [4.78, 5) is 0. The van der Waals surface area contributed by atoms with Crippen LogP contribution >= 0.6 is 0 Å². The zero-order valence-electron chi connectivity index (χ0n) is 18.9. The van der Waals surface area contributed by atoms with E-state index in [0.717, 1.165) is 37.9 Å². The summed E-state index contributed by atoms with van der Waals surface area (Å²) >= 11 is 0. The molecule has 166 valence electrons. The molecule has 0 aromatic carbocycles. The molecule has 0 aromatic heterocycles. The van der Waals surface area contributed by atoms with Gasteiger partial charge in [-0.2, -0.15) is 0 Å². The smallest absolute Gasteiger partial charge is 0.0661 e. The van der Waals surface area contributed by atoms with Gasteiger partial charge in [0.15, 0.2) is 0 Å². The summed E-state index contributed by atoms with van der Waals surface area (Å²) in [6.45, 7) is 9.30. The van der Waals surface area contributed by atoms with Crippen molar-refractivity contribution in [3.63, 3.8) is 0 Å². The Morgan fingerprint density at radius 3 is 2.55 bits per heavy atom. The largest absolute Gasteiger partial charge is 0.393 e. The molecule has 2 aliphatic carbocycles. The first-order valence-corrected chi connectivity index (χ1v) is 11.7. The Bertz CT molecular complexity index is 605. The Kier molecular flexibility index (Phi) is 7.31. The van der Waals surface area contributed by atoms with E-state index in [1.165, 1.54) is 18.4 Å². The van der Waals surface area contributed by atoms with E-state index in [9.17, 15) is 15.3 Å². The van der Waals surface area contributed by atoms with Crippen LogP contribution in [0.1, 0.15) is 85.5 Å². The van der Waals surface area contributed by atoms with Crippen LogP contribution in [0.5, 0.6) is 0 Å². The van der Waals surface area contributed by atoms with Crippen molar-refractivity contribution < 1.29 is 20.1 Å². The maximum Gasteiger partial charge on any atom is 0.0661 e. The van der Waals surface area contributed by atoms with Crippen LogP contribution in [0.4, 0.5) is 0 Å². The molecule has 0 unspecified atom stereocenters. The summed E-state index contributed by atoms with van der Waals surface area (Å²) in [7, 11) is 0. The Labute approximate surface area is 177 Å². The van der Waals surface area contributed by atoms with Crippen molar-refractivity contribution in [3.05, 3.63) is 23.3 Å². The minimum atomic E-state index is -0.586. The monoisotopic (exact) mass is 406 g/mol. The molecule has 3 aliphatic rings. The van der Waals surface area contributed by atoms with Gasteiger partial charge in [0.1, 0.15) is 0 Å². The van der Waals surface area contributed by atoms with E-state index in [0.29, 0.717) is 31.1 Å². The number of aliphatic hydroxyl groups excluding tert-OH is 2. The molecule has 3 N–H and O–H groups in total. The van der Waals surface area contributed by atoms with Crippen LogP contribution in [0.2, 0.25) is 0 Å². The lowest BCUT2D eigenvalue weighted by Gasteiger charge is -2.42. The molecule has 4 heteroatoms. The fourth-order valence-electron chi connectivity index (χ4n) is 6.03. The summed E-state index contributed by atoms with van der Waals surface area (Å²) in [5.41, 5.74) is 2.23. The minimum absolute atomic E-state index is 0.183. The molecule has 1 heterocycles. The van der Waals surface area contributed by atoms with Gasteiger partial charge in [-0.3, -0.25) is 0 Å². The number of rotatable bonds is 6. The molecule has 0 bridgehead atoms. The topological polar surface area (TPSA) is 69.9 Å². The highest BCUT2D eigenvalue weighted by Crippen LogP contribution is 2.54. The second kappa shape index (κ2) is 9.21. The first kappa shape index (κ1) is 23.0. The fraction of sp³-hybridized carbons (Fsp3) is 0.840. The number of allylic oxidation sites excluding steroid dienone is 2. The molecule has 1 aliphatic heterocycles. The van der Waals surface area contributed by atoms with Crippen LogP contribution < -0.4 is 0 Å². The van der Waals surface area contributed by atoms with Crippen molar-refractivity contribution in [2.45, 2.75) is 109 Å². The Morgan fingerprint density at radius 2 is 1.90 bits per heavy atom. The van der Waals surface area contributed by atoms with Crippen molar-refractivity contribution in [1.29, 1.82) is 0 Å². The Balaban J connectivity index is 1.66. The summed E-state index contributed by atoms with van der Waals surface area (Å²) < 4.78 is 6.40. The van der Waals surface area contributed by atoms with Crippen LogP contribution in [0.3, 0.4) is 0 Å². The second-order valence-electron chi connectivity index (χ2n) is 10.9. The molecule has 2 saturated carbocycles. The zero-order chi connectivity index (χ0) is 21.2. The van der Waals surface area contributed by atoms with Crippen molar-refractivity contribution in [2.24, 2.45) is 17.3 Å². The number of aliphatic hydroxyl groups is 3. The van der Waals surface area contributed by atoms with Crippen LogP contribution in [0.25, 0.3) is 0 Å². The maximum absolute atomic E-state index is 9.99. The number of fused-ring (bicyclic) bond motifs is 1. The third kappa shape index (κ3) is 5.72. The average Bonchev–Trinajstić information content (AvgIpc) is 2.95. The number of hydrogen-bond donors (Lipinski definition) is 3. The first-order valence-electron chi connectivity index (χ1n) is 11.7. The molecule has 3 rings (SSSR count). The molecule has 0 amide bonds. The van der Waals surface area contributed by atoms with Gasteiger partial charge in [0.05, 0.1) is 30.5 Å². The molecule has 29 heavy (non-hydrogen) atoms. The van der Waals surface area contributed by atoms with E-state index in [1.54, 1.807) is 0 Å². The summed E-state index contributed by atoms with van der Waals surface area (Å²) in [5, 5.41) is 29.9. The number of hydrogen-bond acceptors (Lipinski definition) is 4. The molecule has 1 saturated heterocycles. The Hall–Kier alpha value is -0.680. The standard InChI is InChI=1S/C25H42O4/c1-17(7-5-11-24(2,3)28)23-25(4)12-6-8-19(22(25)16-29-23)10-9-18-13-20(26)15-21(27)14-18/h9-10,17,20-23,26-28H,5-8,11-16H2,1-4H3/b19-10+/t17-,20-,21-,22+,23-,25+/m1/s1. The van der Waals surface area contributed by atoms with E-state index in [1.807, 2.05) is 13.8 Å². The van der Waals surface area contributed by atoms with Gasteiger partial charge in [-0.1, -0.05) is 43.6 Å². The van der Waals surface area contributed by atoms with Gasteiger partial charge < -0.3 is 20.1 Å². The van der Waals surface area contributed by atoms with Gasteiger partial charge in [0, 0.05) is 11.3 Å². The molecule has 6 atom stereocenters. The van der Waals surface area contributed by atoms with Gasteiger partial charge in [0.25, 0.3) is 0 Å². The van der Waals surface area contributed by atoms with E-state index < -0.39 is 17.8 Å². The van der Waals surface area contributed by atoms with Gasteiger partial charge in [0.2, 0.25) is 0 Å². The highest BCUT2D eigenvalue weighted by molar-refractivity contribution is 5.26. The van der Waals surface area contributed by atoms with Crippen LogP contribution in [-0.2, 0) is 4.74 Å². The Morgan fingerprint density at radius 1 is 1.21 bits per heavy atom. The van der Waals surface area contributed by atoms with E-state index in [2.05, 4.69) is 26.0 Å². The lowest BCUT2D eigenvalue weighted by molar-refractivity contribution is 0.0000148. The van der Waals surface area contributed by atoms with Gasteiger partial charge >= 0.3 is 0 Å². The third-order valence-electron chi connectivity index (χ3n) is 7.55. The van der Waals surface area contributed by atoms with Crippen molar-refractivity contribution in [2.75, 3.05) is 6.61 Å². The molecule has 4 nitrogen and oxygen atoms in total. The predicted molar refractivity (Wildman–Crippen MR) is 117 cm³/mol. The van der Waals surface area contributed by atoms with E-state index in [4.69, 9.17) is 4.74 Å². The third-order valence-corrected chi connectivity index (χ3v) is 7.55. The summed E-state index contributed by atoms with van der Waals surface area (Å²) in [6.07, 6.45) is 12.2. The van der Waals surface area contributed by atoms with E-state index in [-0.39, 0.29) is 11.5 Å². The second-order valence-corrected chi connectivity index (χ2v) is 10.9. The normalized spacial score (nSPS) is 38.2. The molecule has 3 fully saturated rings. The fourth-order valence-corrected chi connectivity index (χ4v) is 6.03. The number of ether oxygens (including phenoxy) is 1. The lowest BCUT2D eigenvalue weighted by Crippen LogP contribution is -2.40. The molecule has 0 radical (unpaired) electrons. The summed E-state index contributed by atoms with van der Waals surface area (Å²) in [5.74, 6) is 0.960. The summed E-state index contributed by atoms with van der Waals surface area (Å²) in [6, 6.07) is 0. The molecular formula is C25H42O4. The highest BCUT2D eigenvalue weighted by Gasteiger charge is 2.51. The van der Waals surface area contributed by atoms with Gasteiger partial charge in [-0.25, -0.2) is 0 Å².